The number of carbonyl (C=O) groups is 1. The first kappa shape index (κ1) is 18.6. The molecule has 5 heteroatoms. The predicted octanol–water partition coefficient (Wildman–Crippen LogP) is 4.61. The van der Waals surface area contributed by atoms with Gasteiger partial charge in [-0.1, -0.05) is 24.3 Å². The van der Waals surface area contributed by atoms with E-state index in [9.17, 15) is 9.18 Å². The molecule has 0 aliphatic carbocycles. The number of anilines is 1. The van der Waals surface area contributed by atoms with Gasteiger partial charge in [0.25, 0.3) is 0 Å². The average molecular weight is 364 g/mol. The van der Waals surface area contributed by atoms with E-state index in [1.165, 1.54) is 12.1 Å². The highest BCUT2D eigenvalue weighted by Gasteiger charge is 2.16. The van der Waals surface area contributed by atoms with Crippen LogP contribution >= 0.6 is 0 Å². The third-order valence-corrected chi connectivity index (χ3v) is 4.05. The van der Waals surface area contributed by atoms with Gasteiger partial charge in [-0.15, -0.1) is 0 Å². The Morgan fingerprint density at radius 2 is 1.78 bits per heavy atom. The number of carbonyl (C=O) groups excluding carboxylic acids is 1. The van der Waals surface area contributed by atoms with Crippen molar-refractivity contribution >= 4 is 11.6 Å². The molecule has 0 bridgehead atoms. The van der Waals surface area contributed by atoms with Crippen molar-refractivity contribution < 1.29 is 13.9 Å². The summed E-state index contributed by atoms with van der Waals surface area (Å²) in [6, 6.07) is 19.2. The molecule has 1 aromatic heterocycles. The summed E-state index contributed by atoms with van der Waals surface area (Å²) in [5, 5.41) is 0. The second-order valence-electron chi connectivity index (χ2n) is 6.08. The molecule has 0 radical (unpaired) electrons. The number of rotatable bonds is 8. The van der Waals surface area contributed by atoms with Crippen LogP contribution in [0.15, 0.2) is 79.1 Å². The molecule has 0 N–H and O–H groups in total. The largest absolute Gasteiger partial charge is 0.494 e. The summed E-state index contributed by atoms with van der Waals surface area (Å²) in [6.45, 7) is 0.845. The molecule has 138 valence electrons. The molecule has 3 rings (SSSR count). The number of halogens is 1. The Bertz CT molecular complexity index is 839. The second-order valence-corrected chi connectivity index (χ2v) is 6.08. The molecule has 0 aliphatic rings. The van der Waals surface area contributed by atoms with Crippen molar-refractivity contribution in [3.63, 3.8) is 0 Å². The van der Waals surface area contributed by atoms with Crippen molar-refractivity contribution in [2.24, 2.45) is 0 Å². The molecule has 0 fully saturated rings. The van der Waals surface area contributed by atoms with Gasteiger partial charge in [-0.05, 0) is 54.4 Å². The van der Waals surface area contributed by atoms with Gasteiger partial charge in [-0.3, -0.25) is 9.78 Å². The van der Waals surface area contributed by atoms with Gasteiger partial charge in [0.1, 0.15) is 11.6 Å². The number of benzene rings is 2. The van der Waals surface area contributed by atoms with Crippen LogP contribution in [0.4, 0.5) is 10.1 Å². The van der Waals surface area contributed by atoms with Gasteiger partial charge in [0.15, 0.2) is 0 Å². The number of aromatic nitrogens is 1. The van der Waals surface area contributed by atoms with Crippen LogP contribution in [0.5, 0.6) is 5.75 Å². The van der Waals surface area contributed by atoms with Crippen molar-refractivity contribution in [3.8, 4) is 5.75 Å². The highest BCUT2D eigenvalue weighted by molar-refractivity contribution is 5.93. The zero-order chi connectivity index (χ0) is 18.9. The van der Waals surface area contributed by atoms with Crippen molar-refractivity contribution in [2.75, 3.05) is 11.5 Å². The number of para-hydroxylation sites is 1. The normalized spacial score (nSPS) is 10.4. The molecule has 0 spiro atoms. The van der Waals surface area contributed by atoms with Gasteiger partial charge in [0, 0.05) is 24.5 Å². The Hall–Kier alpha value is -3.21. The van der Waals surface area contributed by atoms with Gasteiger partial charge in [0.2, 0.25) is 5.91 Å². The lowest BCUT2D eigenvalue weighted by molar-refractivity contribution is -0.119. The van der Waals surface area contributed by atoms with Crippen LogP contribution in [0.2, 0.25) is 0 Å². The molecule has 0 saturated heterocycles. The summed E-state index contributed by atoms with van der Waals surface area (Å²) in [5.74, 6) is 0.418. The lowest BCUT2D eigenvalue weighted by Gasteiger charge is -2.23. The van der Waals surface area contributed by atoms with E-state index in [4.69, 9.17) is 4.74 Å². The molecule has 1 heterocycles. The highest BCUT2D eigenvalue weighted by Crippen LogP contribution is 2.19. The number of pyridine rings is 1. The monoisotopic (exact) mass is 364 g/mol. The van der Waals surface area contributed by atoms with E-state index in [1.807, 2.05) is 42.5 Å². The van der Waals surface area contributed by atoms with E-state index in [1.54, 1.807) is 29.4 Å². The van der Waals surface area contributed by atoms with E-state index >= 15 is 0 Å². The fourth-order valence-corrected chi connectivity index (χ4v) is 2.68. The first-order valence-corrected chi connectivity index (χ1v) is 8.85. The lowest BCUT2D eigenvalue weighted by Crippen LogP contribution is -2.30. The van der Waals surface area contributed by atoms with E-state index < -0.39 is 0 Å². The van der Waals surface area contributed by atoms with E-state index in [2.05, 4.69) is 4.98 Å². The zero-order valence-electron chi connectivity index (χ0n) is 14.9. The zero-order valence-corrected chi connectivity index (χ0v) is 14.9. The summed E-state index contributed by atoms with van der Waals surface area (Å²) in [4.78, 5) is 18.5. The summed E-state index contributed by atoms with van der Waals surface area (Å²) < 4.78 is 18.9. The third-order valence-electron chi connectivity index (χ3n) is 4.05. The minimum absolute atomic E-state index is 0.0397. The Labute approximate surface area is 158 Å². The molecule has 0 aliphatic heterocycles. The van der Waals surface area contributed by atoms with Crippen LogP contribution in [0.25, 0.3) is 0 Å². The average Bonchev–Trinajstić information content (AvgIpc) is 2.72. The quantitative estimate of drug-likeness (QED) is 0.548. The number of amides is 1. The van der Waals surface area contributed by atoms with Crippen LogP contribution in [-0.2, 0) is 11.3 Å². The number of ether oxygens (including phenoxy) is 1. The van der Waals surface area contributed by atoms with Crippen molar-refractivity contribution in [3.05, 3.63) is 90.5 Å². The SMILES string of the molecule is O=C(CCCOc1ccccc1)N(Cc1cccnc1)c1ccc(F)cc1. The second kappa shape index (κ2) is 9.48. The minimum Gasteiger partial charge on any atom is -0.494 e. The number of hydrogen-bond acceptors (Lipinski definition) is 3. The predicted molar refractivity (Wildman–Crippen MR) is 103 cm³/mol. The molecule has 4 nitrogen and oxygen atoms in total. The van der Waals surface area contributed by atoms with E-state index in [0.717, 1.165) is 11.3 Å². The molecule has 2 aromatic carbocycles. The Morgan fingerprint density at radius 3 is 2.48 bits per heavy atom. The maximum Gasteiger partial charge on any atom is 0.227 e. The van der Waals surface area contributed by atoms with Crippen LogP contribution in [0.1, 0.15) is 18.4 Å². The Morgan fingerprint density at radius 1 is 1.00 bits per heavy atom. The lowest BCUT2D eigenvalue weighted by atomic mass is 10.2. The molecule has 27 heavy (non-hydrogen) atoms. The maximum absolute atomic E-state index is 13.3. The van der Waals surface area contributed by atoms with Crippen LogP contribution in [-0.4, -0.2) is 17.5 Å². The number of hydrogen-bond donors (Lipinski definition) is 0. The van der Waals surface area contributed by atoms with Crippen molar-refractivity contribution in [2.45, 2.75) is 19.4 Å². The fourth-order valence-electron chi connectivity index (χ4n) is 2.68. The molecule has 3 aromatic rings. The van der Waals surface area contributed by atoms with Gasteiger partial charge in [0.05, 0.1) is 13.2 Å². The maximum atomic E-state index is 13.3. The van der Waals surface area contributed by atoms with Crippen molar-refractivity contribution in [1.82, 2.24) is 4.98 Å². The molecular weight excluding hydrogens is 343 g/mol. The minimum atomic E-state index is -0.330. The topological polar surface area (TPSA) is 42.4 Å². The van der Waals surface area contributed by atoms with Crippen molar-refractivity contribution in [1.29, 1.82) is 0 Å². The van der Waals surface area contributed by atoms with E-state index in [-0.39, 0.29) is 11.7 Å². The van der Waals surface area contributed by atoms with Gasteiger partial charge in [-0.25, -0.2) is 4.39 Å². The summed E-state index contributed by atoms with van der Waals surface area (Å²) in [7, 11) is 0. The smallest absolute Gasteiger partial charge is 0.227 e. The van der Waals surface area contributed by atoms with Crippen LogP contribution in [0.3, 0.4) is 0 Å². The number of nitrogens with zero attached hydrogens (tertiary/aromatic N) is 2. The summed E-state index contributed by atoms with van der Waals surface area (Å²) in [6.07, 6.45) is 4.35. The van der Waals surface area contributed by atoms with E-state index in [0.29, 0.717) is 31.7 Å². The highest BCUT2D eigenvalue weighted by atomic mass is 19.1. The first-order valence-electron chi connectivity index (χ1n) is 8.85. The third kappa shape index (κ3) is 5.64. The molecular formula is C22H21FN2O2. The Balaban J connectivity index is 1.62. The van der Waals surface area contributed by atoms with Crippen LogP contribution in [0, 0.1) is 5.82 Å². The summed E-state index contributed by atoms with van der Waals surface area (Å²) in [5.41, 5.74) is 1.57. The van der Waals surface area contributed by atoms with Gasteiger partial charge >= 0.3 is 0 Å². The van der Waals surface area contributed by atoms with Crippen LogP contribution < -0.4 is 9.64 Å². The fraction of sp³-hybridized carbons (Fsp3) is 0.182. The molecule has 0 atom stereocenters. The summed E-state index contributed by atoms with van der Waals surface area (Å²) >= 11 is 0. The molecule has 1 amide bonds. The van der Waals surface area contributed by atoms with Gasteiger partial charge in [-0.2, -0.15) is 0 Å². The first-order chi connectivity index (χ1) is 13.2. The van der Waals surface area contributed by atoms with Gasteiger partial charge < -0.3 is 9.64 Å². The molecule has 0 saturated carbocycles. The Kier molecular flexibility index (Phi) is 6.52. The molecule has 0 unspecified atom stereocenters. The standard InChI is InChI=1S/C22H21FN2O2/c23-19-10-12-20(13-11-19)25(17-18-6-4-14-24-16-18)22(26)9-5-15-27-21-7-2-1-3-8-21/h1-4,6-8,10-14,16H,5,9,15,17H2.